The zero-order chi connectivity index (χ0) is 19.6. The van der Waals surface area contributed by atoms with Crippen molar-refractivity contribution in [2.75, 3.05) is 20.8 Å². The Kier molecular flexibility index (Phi) is 5.64. The molecule has 0 saturated heterocycles. The molecule has 0 unspecified atom stereocenters. The molecule has 0 spiro atoms. The minimum absolute atomic E-state index is 0.0205. The highest BCUT2D eigenvalue weighted by Crippen LogP contribution is 2.36. The number of rotatable bonds is 5. The molecule has 1 aliphatic rings. The molecule has 0 saturated carbocycles. The van der Waals surface area contributed by atoms with Gasteiger partial charge in [0.2, 0.25) is 10.0 Å². The predicted octanol–water partition coefficient (Wildman–Crippen LogP) is 1.83. The molecule has 2 aromatic rings. The second-order valence-electron chi connectivity index (χ2n) is 5.97. The fourth-order valence-corrected chi connectivity index (χ4v) is 5.76. The molecule has 0 N–H and O–H groups in total. The van der Waals surface area contributed by atoms with Crippen LogP contribution in [0.2, 0.25) is 0 Å². The Morgan fingerprint density at radius 1 is 1.22 bits per heavy atom. The van der Waals surface area contributed by atoms with E-state index in [-0.39, 0.29) is 11.4 Å². The number of carbonyl (C=O) groups is 2. The standard InChI is InChI=1S/C18H19NO6S2/c1-24-12-3-5-13(6-4-12)27(22,23)19-9-7-16-14(8-10-26-16)15(11-20)17(19)18(21)25-2/h3-6,8,10-11,15,17H,7,9H2,1-2H3/t15-,17-/m1/s1. The third-order valence-corrected chi connectivity index (χ3v) is 7.50. The molecule has 1 aromatic carbocycles. The zero-order valence-electron chi connectivity index (χ0n) is 14.8. The summed E-state index contributed by atoms with van der Waals surface area (Å²) in [7, 11) is -1.36. The van der Waals surface area contributed by atoms with Gasteiger partial charge in [0.25, 0.3) is 0 Å². The minimum atomic E-state index is -4.03. The van der Waals surface area contributed by atoms with Crippen LogP contribution < -0.4 is 4.74 Å². The van der Waals surface area contributed by atoms with Crippen LogP contribution in [0, 0.1) is 0 Å². The third kappa shape index (κ3) is 3.50. The van der Waals surface area contributed by atoms with Crippen molar-refractivity contribution in [1.29, 1.82) is 0 Å². The van der Waals surface area contributed by atoms with E-state index in [2.05, 4.69) is 0 Å². The Hall–Kier alpha value is -2.23. The lowest BCUT2D eigenvalue weighted by Gasteiger charge is -2.30. The Morgan fingerprint density at radius 2 is 1.93 bits per heavy atom. The van der Waals surface area contributed by atoms with Gasteiger partial charge in [0.05, 0.1) is 25.0 Å². The van der Waals surface area contributed by atoms with Gasteiger partial charge >= 0.3 is 5.97 Å². The monoisotopic (exact) mass is 409 g/mol. The Labute approximate surface area is 161 Å². The van der Waals surface area contributed by atoms with E-state index in [4.69, 9.17) is 9.47 Å². The van der Waals surface area contributed by atoms with Gasteiger partial charge in [-0.25, -0.2) is 8.42 Å². The van der Waals surface area contributed by atoms with Crippen molar-refractivity contribution in [2.45, 2.75) is 23.3 Å². The number of nitrogens with zero attached hydrogens (tertiary/aromatic N) is 1. The number of hydrogen-bond acceptors (Lipinski definition) is 7. The maximum atomic E-state index is 13.3. The Balaban J connectivity index is 2.09. The topological polar surface area (TPSA) is 90.0 Å². The number of hydrogen-bond donors (Lipinski definition) is 0. The first-order valence-electron chi connectivity index (χ1n) is 8.19. The highest BCUT2D eigenvalue weighted by Gasteiger charge is 2.44. The molecule has 0 amide bonds. The summed E-state index contributed by atoms with van der Waals surface area (Å²) in [6.45, 7) is 0.0754. The molecule has 0 fully saturated rings. The number of fused-ring (bicyclic) bond motifs is 1. The van der Waals surface area contributed by atoms with Gasteiger partial charge < -0.3 is 14.3 Å². The molecular formula is C18H19NO6S2. The second kappa shape index (κ2) is 7.79. The number of aldehydes is 1. The quantitative estimate of drug-likeness (QED) is 0.553. The van der Waals surface area contributed by atoms with Gasteiger partial charge in [-0.2, -0.15) is 4.31 Å². The summed E-state index contributed by atoms with van der Waals surface area (Å²) in [5.41, 5.74) is 0.679. The molecule has 27 heavy (non-hydrogen) atoms. The minimum Gasteiger partial charge on any atom is -0.497 e. The van der Waals surface area contributed by atoms with E-state index in [1.807, 2.05) is 5.38 Å². The summed E-state index contributed by atoms with van der Waals surface area (Å²) < 4.78 is 37.5. The van der Waals surface area contributed by atoms with Crippen molar-refractivity contribution in [3.05, 3.63) is 46.2 Å². The maximum Gasteiger partial charge on any atom is 0.325 e. The van der Waals surface area contributed by atoms with Gasteiger partial charge in [0.15, 0.2) is 0 Å². The molecule has 1 aromatic heterocycles. The lowest BCUT2D eigenvalue weighted by molar-refractivity contribution is -0.146. The number of esters is 1. The van der Waals surface area contributed by atoms with Crippen LogP contribution in [0.25, 0.3) is 0 Å². The van der Waals surface area contributed by atoms with E-state index < -0.39 is 28.0 Å². The fourth-order valence-electron chi connectivity index (χ4n) is 3.24. The summed E-state index contributed by atoms with van der Waals surface area (Å²) in [5, 5.41) is 1.84. The summed E-state index contributed by atoms with van der Waals surface area (Å²) in [5.74, 6) is -1.17. The number of ether oxygens (including phenoxy) is 2. The second-order valence-corrected chi connectivity index (χ2v) is 8.86. The third-order valence-electron chi connectivity index (χ3n) is 4.60. The lowest BCUT2D eigenvalue weighted by Crippen LogP contribution is -2.49. The van der Waals surface area contributed by atoms with Crippen LogP contribution in [0.1, 0.15) is 16.4 Å². The lowest BCUT2D eigenvalue weighted by atomic mass is 9.94. The SMILES string of the molecule is COC(=O)[C@H]1[C@H](C=O)c2ccsc2CCN1S(=O)(=O)c1ccc(OC)cc1. The average Bonchev–Trinajstić information content (AvgIpc) is 3.08. The van der Waals surface area contributed by atoms with E-state index in [0.717, 1.165) is 9.18 Å². The first kappa shape index (κ1) is 19.5. The molecule has 144 valence electrons. The van der Waals surface area contributed by atoms with Crippen molar-refractivity contribution in [1.82, 2.24) is 4.31 Å². The van der Waals surface area contributed by atoms with Gasteiger partial charge in [0.1, 0.15) is 18.1 Å². The van der Waals surface area contributed by atoms with Gasteiger partial charge in [0, 0.05) is 11.4 Å². The van der Waals surface area contributed by atoms with Crippen LogP contribution in [-0.2, 0) is 30.8 Å². The normalized spacial score (nSPS) is 20.4. The van der Waals surface area contributed by atoms with Crippen LogP contribution >= 0.6 is 11.3 Å². The first-order valence-corrected chi connectivity index (χ1v) is 10.5. The van der Waals surface area contributed by atoms with Crippen molar-refractivity contribution < 1.29 is 27.5 Å². The smallest absolute Gasteiger partial charge is 0.325 e. The van der Waals surface area contributed by atoms with Gasteiger partial charge in [-0.15, -0.1) is 11.3 Å². The molecule has 2 atom stereocenters. The zero-order valence-corrected chi connectivity index (χ0v) is 16.5. The summed E-state index contributed by atoms with van der Waals surface area (Å²) in [6, 6.07) is 6.41. The van der Waals surface area contributed by atoms with Crippen LogP contribution in [-0.4, -0.2) is 51.8 Å². The van der Waals surface area contributed by atoms with Crippen LogP contribution in [0.5, 0.6) is 5.75 Å². The largest absolute Gasteiger partial charge is 0.497 e. The van der Waals surface area contributed by atoms with Gasteiger partial charge in [-0.3, -0.25) is 4.79 Å². The summed E-state index contributed by atoms with van der Waals surface area (Å²) in [6.07, 6.45) is 1.04. The van der Waals surface area contributed by atoms with Crippen LogP contribution in [0.3, 0.4) is 0 Å². The highest BCUT2D eigenvalue weighted by atomic mass is 32.2. The molecule has 9 heteroatoms. The van der Waals surface area contributed by atoms with E-state index in [9.17, 15) is 18.0 Å². The molecular weight excluding hydrogens is 390 g/mol. The first-order chi connectivity index (χ1) is 12.9. The number of thiophene rings is 1. The molecule has 1 aliphatic heterocycles. The Bertz CT molecular complexity index is 935. The Morgan fingerprint density at radius 3 is 2.52 bits per heavy atom. The van der Waals surface area contributed by atoms with E-state index in [1.165, 1.54) is 49.8 Å². The summed E-state index contributed by atoms with van der Waals surface area (Å²) >= 11 is 1.44. The summed E-state index contributed by atoms with van der Waals surface area (Å²) in [4.78, 5) is 25.3. The van der Waals surface area contributed by atoms with Gasteiger partial charge in [-0.05, 0) is 47.7 Å². The number of carbonyl (C=O) groups excluding carboxylic acids is 2. The molecule has 0 bridgehead atoms. The van der Waals surface area contributed by atoms with Crippen molar-refractivity contribution in [3.63, 3.8) is 0 Å². The molecule has 2 heterocycles. The van der Waals surface area contributed by atoms with E-state index in [0.29, 0.717) is 24.0 Å². The fraction of sp³-hybridized carbons (Fsp3) is 0.333. The van der Waals surface area contributed by atoms with Gasteiger partial charge in [-0.1, -0.05) is 0 Å². The maximum absolute atomic E-state index is 13.3. The highest BCUT2D eigenvalue weighted by molar-refractivity contribution is 7.89. The molecule has 3 rings (SSSR count). The van der Waals surface area contributed by atoms with Crippen molar-refractivity contribution in [3.8, 4) is 5.75 Å². The van der Waals surface area contributed by atoms with Crippen molar-refractivity contribution >= 4 is 33.6 Å². The van der Waals surface area contributed by atoms with Crippen LogP contribution in [0.15, 0.2) is 40.6 Å². The molecule has 0 aliphatic carbocycles. The van der Waals surface area contributed by atoms with E-state index >= 15 is 0 Å². The average molecular weight is 409 g/mol. The van der Waals surface area contributed by atoms with Crippen LogP contribution in [0.4, 0.5) is 0 Å². The van der Waals surface area contributed by atoms with E-state index in [1.54, 1.807) is 6.07 Å². The number of methoxy groups -OCH3 is 2. The number of benzene rings is 1. The predicted molar refractivity (Wildman–Crippen MR) is 99.5 cm³/mol. The molecule has 7 nitrogen and oxygen atoms in total. The molecule has 0 radical (unpaired) electrons. The number of sulfonamides is 1. The van der Waals surface area contributed by atoms with Crippen molar-refractivity contribution in [2.24, 2.45) is 0 Å².